The van der Waals surface area contributed by atoms with Gasteiger partial charge in [0.05, 0.1) is 17.8 Å². The first kappa shape index (κ1) is 15.7. The van der Waals surface area contributed by atoms with Crippen molar-refractivity contribution in [3.8, 4) is 11.1 Å². The molecule has 2 aromatic carbocycles. The molecule has 0 radical (unpaired) electrons. The third-order valence-corrected chi connectivity index (χ3v) is 4.54. The number of carbonyl (C=O) groups is 1. The number of benzene rings is 2. The van der Waals surface area contributed by atoms with Gasteiger partial charge in [-0.15, -0.1) is 0 Å². The average molecular weight is 354 g/mol. The second-order valence-electron chi connectivity index (χ2n) is 5.76. The van der Waals surface area contributed by atoms with Crippen LogP contribution in [0.3, 0.4) is 0 Å². The molecule has 0 aromatic heterocycles. The fourth-order valence-corrected chi connectivity index (χ4v) is 3.22. The average Bonchev–Trinajstić information content (AvgIpc) is 2.63. The van der Waals surface area contributed by atoms with Crippen molar-refractivity contribution in [3.63, 3.8) is 0 Å². The minimum absolute atomic E-state index is 0.208. The summed E-state index contributed by atoms with van der Waals surface area (Å²) in [5, 5.41) is 6.03. The molecule has 0 N–H and O–H groups in total. The van der Waals surface area contributed by atoms with Gasteiger partial charge in [-0.25, -0.2) is 4.39 Å². The maximum absolute atomic E-state index is 13.9. The highest BCUT2D eigenvalue weighted by Crippen LogP contribution is 2.37. The van der Waals surface area contributed by atoms with Gasteiger partial charge in [-0.3, -0.25) is 9.79 Å². The molecule has 0 bridgehead atoms. The molecular weight excluding hydrogens is 341 g/mol. The Morgan fingerprint density at radius 2 is 1.96 bits per heavy atom. The molecule has 25 heavy (non-hydrogen) atoms. The molecule has 2 aliphatic rings. The molecule has 2 unspecified atom stereocenters. The van der Waals surface area contributed by atoms with Crippen LogP contribution < -0.4 is 5.01 Å². The summed E-state index contributed by atoms with van der Waals surface area (Å²) >= 11 is 6.27. The second kappa shape index (κ2) is 6.26. The van der Waals surface area contributed by atoms with Crippen molar-refractivity contribution in [2.45, 2.75) is 6.04 Å². The van der Waals surface area contributed by atoms with E-state index in [-0.39, 0.29) is 11.9 Å². The summed E-state index contributed by atoms with van der Waals surface area (Å²) < 4.78 is 13.9. The molecule has 0 fully saturated rings. The van der Waals surface area contributed by atoms with Crippen LogP contribution in [0.4, 0.5) is 10.1 Å². The van der Waals surface area contributed by atoms with E-state index in [4.69, 9.17) is 11.6 Å². The van der Waals surface area contributed by atoms with E-state index < -0.39 is 11.7 Å². The summed E-state index contributed by atoms with van der Waals surface area (Å²) in [5.74, 6) is -1.03. The molecule has 0 aliphatic carbocycles. The van der Waals surface area contributed by atoms with E-state index in [0.717, 1.165) is 0 Å². The van der Waals surface area contributed by atoms with Crippen molar-refractivity contribution in [1.82, 2.24) is 0 Å². The van der Waals surface area contributed by atoms with Gasteiger partial charge >= 0.3 is 0 Å². The zero-order valence-electron chi connectivity index (χ0n) is 13.0. The van der Waals surface area contributed by atoms with E-state index in [1.165, 1.54) is 17.1 Å². The Bertz CT molecular complexity index is 938. The fourth-order valence-electron chi connectivity index (χ4n) is 2.99. The molecule has 124 valence electrons. The van der Waals surface area contributed by atoms with Gasteiger partial charge in [-0.2, -0.15) is 10.1 Å². The van der Waals surface area contributed by atoms with Crippen molar-refractivity contribution in [3.05, 3.63) is 65.5 Å². The Morgan fingerprint density at radius 3 is 2.80 bits per heavy atom. The molecule has 0 saturated heterocycles. The van der Waals surface area contributed by atoms with Crippen molar-refractivity contribution in [2.24, 2.45) is 16.0 Å². The first-order valence-corrected chi connectivity index (χ1v) is 8.15. The van der Waals surface area contributed by atoms with E-state index in [1.54, 1.807) is 48.8 Å². The van der Waals surface area contributed by atoms with E-state index in [2.05, 4.69) is 10.1 Å². The molecule has 2 atom stereocenters. The lowest BCUT2D eigenvalue weighted by molar-refractivity contribution is -0.121. The molecule has 6 heteroatoms. The summed E-state index contributed by atoms with van der Waals surface area (Å²) in [7, 11) is 0. The standard InChI is InChI=1S/C19H13ClFN3O/c20-16-6-2-1-4-13(16)15-10-12(21)7-8-18(15)24-19(25)14-5-3-9-22-17(14)11-23-24/h1-11,14,17H. The van der Waals surface area contributed by atoms with Gasteiger partial charge in [0.25, 0.3) is 5.91 Å². The third kappa shape index (κ3) is 2.76. The first-order valence-electron chi connectivity index (χ1n) is 7.77. The van der Waals surface area contributed by atoms with E-state index in [9.17, 15) is 9.18 Å². The van der Waals surface area contributed by atoms with Gasteiger partial charge in [-0.05, 0) is 30.3 Å². The normalized spacial score (nSPS) is 21.5. The molecule has 2 aromatic rings. The van der Waals surface area contributed by atoms with E-state index in [0.29, 0.717) is 21.8 Å². The first-order chi connectivity index (χ1) is 12.1. The molecule has 4 rings (SSSR count). The largest absolute Gasteiger partial charge is 0.283 e. The number of carbonyl (C=O) groups excluding carboxylic acids is 1. The predicted molar refractivity (Wildman–Crippen MR) is 97.7 cm³/mol. The molecular formula is C19H13ClFN3O. The van der Waals surface area contributed by atoms with Crippen LogP contribution >= 0.6 is 11.6 Å². The molecule has 0 saturated carbocycles. The number of halogens is 2. The van der Waals surface area contributed by atoms with Crippen molar-refractivity contribution >= 4 is 35.6 Å². The molecule has 2 aliphatic heterocycles. The van der Waals surface area contributed by atoms with Gasteiger partial charge in [0.2, 0.25) is 0 Å². The Hall–Kier alpha value is -2.79. The van der Waals surface area contributed by atoms with Crippen LogP contribution in [-0.4, -0.2) is 24.4 Å². The second-order valence-corrected chi connectivity index (χ2v) is 6.16. The van der Waals surface area contributed by atoms with Crippen LogP contribution in [0.5, 0.6) is 0 Å². The quantitative estimate of drug-likeness (QED) is 0.801. The van der Waals surface area contributed by atoms with Gasteiger partial charge < -0.3 is 0 Å². The predicted octanol–water partition coefficient (Wildman–Crippen LogP) is 4.10. The highest BCUT2D eigenvalue weighted by molar-refractivity contribution is 6.33. The number of anilines is 1. The molecule has 0 spiro atoms. The fraction of sp³-hybridized carbons (Fsp3) is 0.105. The Balaban J connectivity index is 1.84. The number of nitrogens with zero attached hydrogens (tertiary/aromatic N) is 3. The Labute approximate surface area is 148 Å². The van der Waals surface area contributed by atoms with Gasteiger partial charge in [-0.1, -0.05) is 35.9 Å². The number of aliphatic imine (C=N–C) groups is 1. The molecule has 2 heterocycles. The summed E-state index contributed by atoms with van der Waals surface area (Å²) in [6, 6.07) is 11.0. The zero-order valence-corrected chi connectivity index (χ0v) is 13.8. The smallest absolute Gasteiger partial charge is 0.256 e. The summed E-state index contributed by atoms with van der Waals surface area (Å²) in [5.41, 5.74) is 1.64. The van der Waals surface area contributed by atoms with Crippen LogP contribution in [0.25, 0.3) is 11.1 Å². The number of hydrogen-bond donors (Lipinski definition) is 0. The van der Waals surface area contributed by atoms with E-state index in [1.807, 2.05) is 6.07 Å². The van der Waals surface area contributed by atoms with Crippen LogP contribution in [0.2, 0.25) is 5.02 Å². The van der Waals surface area contributed by atoms with Crippen molar-refractivity contribution in [2.75, 3.05) is 5.01 Å². The number of allylic oxidation sites excluding steroid dienone is 1. The van der Waals surface area contributed by atoms with Gasteiger partial charge in [0, 0.05) is 22.4 Å². The number of hydrazone groups is 1. The van der Waals surface area contributed by atoms with Crippen LogP contribution in [0.15, 0.2) is 64.7 Å². The summed E-state index contributed by atoms with van der Waals surface area (Å²) in [4.78, 5) is 17.1. The van der Waals surface area contributed by atoms with E-state index >= 15 is 0 Å². The van der Waals surface area contributed by atoms with Gasteiger partial charge in [0.15, 0.2) is 0 Å². The van der Waals surface area contributed by atoms with Gasteiger partial charge in [0.1, 0.15) is 11.9 Å². The molecule has 4 nitrogen and oxygen atoms in total. The number of fused-ring (bicyclic) bond motifs is 1. The third-order valence-electron chi connectivity index (χ3n) is 4.21. The number of hydrogen-bond acceptors (Lipinski definition) is 3. The summed E-state index contributed by atoms with van der Waals surface area (Å²) in [6.45, 7) is 0. The number of amides is 1. The zero-order chi connectivity index (χ0) is 17.4. The number of dihydropyridines is 1. The lowest BCUT2D eigenvalue weighted by atomic mass is 9.95. The minimum Gasteiger partial charge on any atom is -0.283 e. The number of rotatable bonds is 2. The highest BCUT2D eigenvalue weighted by Gasteiger charge is 2.35. The minimum atomic E-state index is -0.411. The lowest BCUT2D eigenvalue weighted by Gasteiger charge is -2.30. The highest BCUT2D eigenvalue weighted by atomic mass is 35.5. The van der Waals surface area contributed by atoms with Crippen molar-refractivity contribution in [1.29, 1.82) is 0 Å². The lowest BCUT2D eigenvalue weighted by Crippen LogP contribution is -2.43. The monoisotopic (exact) mass is 353 g/mol. The Kier molecular flexibility index (Phi) is 3.93. The van der Waals surface area contributed by atoms with Crippen molar-refractivity contribution < 1.29 is 9.18 Å². The maximum Gasteiger partial charge on any atom is 0.256 e. The van der Waals surface area contributed by atoms with Crippen LogP contribution in [0.1, 0.15) is 0 Å². The molecule has 1 amide bonds. The Morgan fingerprint density at radius 1 is 1.12 bits per heavy atom. The maximum atomic E-state index is 13.9. The SMILES string of the molecule is O=C1C2C=CC=NC2C=NN1c1ccc(F)cc1-c1ccccc1Cl. The topological polar surface area (TPSA) is 45.0 Å². The van der Waals surface area contributed by atoms with Crippen LogP contribution in [0, 0.1) is 11.7 Å². The summed E-state index contributed by atoms with van der Waals surface area (Å²) in [6.07, 6.45) is 6.84. The van der Waals surface area contributed by atoms with Crippen LogP contribution in [-0.2, 0) is 4.79 Å².